The van der Waals surface area contributed by atoms with Crippen molar-refractivity contribution in [1.82, 2.24) is 4.57 Å². The highest BCUT2D eigenvalue weighted by Crippen LogP contribution is 2.34. The molecule has 0 fully saturated rings. The fourth-order valence-electron chi connectivity index (χ4n) is 3.11. The second-order valence-corrected chi connectivity index (χ2v) is 5.25. The molecule has 2 N–H and O–H groups in total. The number of rotatable bonds is 1. The van der Waals surface area contributed by atoms with Crippen molar-refractivity contribution in [2.45, 2.75) is 12.8 Å². The molecule has 0 spiro atoms. The lowest BCUT2D eigenvalue weighted by molar-refractivity contribution is 0.888. The van der Waals surface area contributed by atoms with Gasteiger partial charge in [0.05, 0.1) is 5.52 Å². The summed E-state index contributed by atoms with van der Waals surface area (Å²) in [6.45, 7) is 0. The van der Waals surface area contributed by atoms with Crippen LogP contribution >= 0.6 is 0 Å². The number of nitrogens with zero attached hydrogens (tertiary/aromatic N) is 1. The minimum absolute atomic E-state index is 0.824. The largest absolute Gasteiger partial charge is 0.399 e. The van der Waals surface area contributed by atoms with Crippen molar-refractivity contribution in [2.24, 2.45) is 0 Å². The average Bonchev–Trinajstić information content (AvgIpc) is 2.82. The summed E-state index contributed by atoms with van der Waals surface area (Å²) in [5.41, 5.74) is 12.0. The van der Waals surface area contributed by atoms with Gasteiger partial charge in [-0.05, 0) is 43.2 Å². The Labute approximate surface area is 118 Å². The predicted octanol–water partition coefficient (Wildman–Crippen LogP) is 4.17. The van der Waals surface area contributed by atoms with Crippen LogP contribution in [0.3, 0.4) is 0 Å². The quantitative estimate of drug-likeness (QED) is 0.654. The molecule has 0 saturated heterocycles. The van der Waals surface area contributed by atoms with E-state index in [-0.39, 0.29) is 0 Å². The van der Waals surface area contributed by atoms with Crippen molar-refractivity contribution in [3.8, 4) is 5.69 Å². The van der Waals surface area contributed by atoms with Gasteiger partial charge in [0.25, 0.3) is 0 Å². The van der Waals surface area contributed by atoms with E-state index < -0.39 is 0 Å². The molecule has 98 valence electrons. The smallest absolute Gasteiger partial charge is 0.0539 e. The maximum absolute atomic E-state index is 5.97. The molecule has 3 aromatic rings. The fraction of sp³-hybridized carbons (Fsp3) is 0.111. The van der Waals surface area contributed by atoms with Gasteiger partial charge in [-0.25, -0.2) is 0 Å². The summed E-state index contributed by atoms with van der Waals surface area (Å²) >= 11 is 0. The summed E-state index contributed by atoms with van der Waals surface area (Å²) in [5.74, 6) is 0. The normalized spacial score (nSPS) is 13.6. The number of fused-ring (bicyclic) bond motifs is 3. The number of hydrogen-bond donors (Lipinski definition) is 1. The zero-order chi connectivity index (χ0) is 13.5. The SMILES string of the molecule is Nc1ccc2c(c1)c1c(n2-c2ccccc2)CCC=C1. The van der Waals surface area contributed by atoms with Crippen molar-refractivity contribution >= 4 is 22.7 Å². The lowest BCUT2D eigenvalue weighted by Gasteiger charge is -2.13. The van der Waals surface area contributed by atoms with Gasteiger partial charge in [0.15, 0.2) is 0 Å². The number of benzene rings is 2. The van der Waals surface area contributed by atoms with Crippen LogP contribution in [0, 0.1) is 0 Å². The lowest BCUT2D eigenvalue weighted by atomic mass is 10.0. The van der Waals surface area contributed by atoms with Crippen molar-refractivity contribution in [3.63, 3.8) is 0 Å². The average molecular weight is 260 g/mol. The molecular weight excluding hydrogens is 244 g/mol. The third-order valence-electron chi connectivity index (χ3n) is 3.98. The van der Waals surface area contributed by atoms with E-state index in [0.717, 1.165) is 18.5 Å². The molecule has 20 heavy (non-hydrogen) atoms. The monoisotopic (exact) mass is 260 g/mol. The highest BCUT2D eigenvalue weighted by Gasteiger charge is 2.18. The maximum atomic E-state index is 5.97. The molecule has 1 aromatic heterocycles. The first-order valence-electron chi connectivity index (χ1n) is 6.99. The first-order chi connectivity index (χ1) is 9.84. The topological polar surface area (TPSA) is 30.9 Å². The molecule has 1 aliphatic carbocycles. The van der Waals surface area contributed by atoms with Crippen molar-refractivity contribution in [3.05, 3.63) is 65.9 Å². The first-order valence-corrected chi connectivity index (χ1v) is 6.99. The summed E-state index contributed by atoms with van der Waals surface area (Å²) in [6, 6.07) is 16.7. The van der Waals surface area contributed by atoms with Gasteiger partial charge in [-0.1, -0.05) is 30.4 Å². The van der Waals surface area contributed by atoms with Crippen LogP contribution in [0.5, 0.6) is 0 Å². The third kappa shape index (κ3) is 1.58. The molecule has 2 heteroatoms. The van der Waals surface area contributed by atoms with Gasteiger partial charge in [0, 0.05) is 28.0 Å². The Bertz CT molecular complexity index is 810. The standard InChI is InChI=1S/C18H16N2/c19-13-10-11-18-16(12-13)15-8-4-5-9-17(15)20(18)14-6-2-1-3-7-14/h1-4,6-8,10-12H,5,9,19H2. The lowest BCUT2D eigenvalue weighted by Crippen LogP contribution is -2.02. The fourth-order valence-corrected chi connectivity index (χ4v) is 3.11. The van der Waals surface area contributed by atoms with Gasteiger partial charge in [0.1, 0.15) is 0 Å². The van der Waals surface area contributed by atoms with E-state index in [4.69, 9.17) is 5.73 Å². The molecule has 0 atom stereocenters. The van der Waals surface area contributed by atoms with Crippen LogP contribution in [0.25, 0.3) is 22.7 Å². The Kier molecular flexibility index (Phi) is 2.43. The molecule has 2 aromatic carbocycles. The maximum Gasteiger partial charge on any atom is 0.0539 e. The molecule has 0 saturated carbocycles. The molecule has 1 heterocycles. The van der Waals surface area contributed by atoms with Crippen LogP contribution in [0.15, 0.2) is 54.6 Å². The van der Waals surface area contributed by atoms with Crippen LogP contribution in [-0.2, 0) is 6.42 Å². The van der Waals surface area contributed by atoms with E-state index in [0.29, 0.717) is 0 Å². The molecule has 2 nitrogen and oxygen atoms in total. The van der Waals surface area contributed by atoms with Gasteiger partial charge in [-0.15, -0.1) is 0 Å². The summed E-state index contributed by atoms with van der Waals surface area (Å²) in [6.07, 6.45) is 6.67. The van der Waals surface area contributed by atoms with Gasteiger partial charge in [0.2, 0.25) is 0 Å². The number of nitrogen functional groups attached to an aromatic ring is 1. The predicted molar refractivity (Wildman–Crippen MR) is 85.0 cm³/mol. The number of para-hydroxylation sites is 1. The van der Waals surface area contributed by atoms with Crippen molar-refractivity contribution in [1.29, 1.82) is 0 Å². The zero-order valence-corrected chi connectivity index (χ0v) is 11.2. The minimum atomic E-state index is 0.824. The zero-order valence-electron chi connectivity index (χ0n) is 11.2. The van der Waals surface area contributed by atoms with Gasteiger partial charge in [-0.3, -0.25) is 0 Å². The van der Waals surface area contributed by atoms with Gasteiger partial charge in [-0.2, -0.15) is 0 Å². The van der Waals surface area contributed by atoms with E-state index in [9.17, 15) is 0 Å². The number of aromatic nitrogens is 1. The first kappa shape index (κ1) is 11.4. The molecule has 0 aliphatic heterocycles. The molecule has 0 bridgehead atoms. The van der Waals surface area contributed by atoms with Crippen LogP contribution in [0.2, 0.25) is 0 Å². The Balaban J connectivity index is 2.13. The van der Waals surface area contributed by atoms with E-state index >= 15 is 0 Å². The summed E-state index contributed by atoms with van der Waals surface area (Å²) in [5, 5.41) is 1.25. The van der Waals surface area contributed by atoms with Crippen LogP contribution in [0.4, 0.5) is 5.69 Å². The number of nitrogens with two attached hydrogens (primary N) is 1. The van der Waals surface area contributed by atoms with Crippen molar-refractivity contribution in [2.75, 3.05) is 5.73 Å². The highest BCUT2D eigenvalue weighted by molar-refractivity contribution is 5.95. The Morgan fingerprint density at radius 2 is 1.85 bits per heavy atom. The van der Waals surface area contributed by atoms with E-state index in [1.54, 1.807) is 0 Å². The summed E-state index contributed by atoms with van der Waals surface area (Å²) in [7, 11) is 0. The van der Waals surface area contributed by atoms with Crippen LogP contribution in [-0.4, -0.2) is 4.57 Å². The molecule has 0 unspecified atom stereocenters. The Morgan fingerprint density at radius 3 is 2.70 bits per heavy atom. The molecule has 0 amide bonds. The van der Waals surface area contributed by atoms with Crippen LogP contribution in [0.1, 0.15) is 17.7 Å². The second kappa shape index (κ2) is 4.27. The van der Waals surface area contributed by atoms with Gasteiger partial charge < -0.3 is 10.3 Å². The van der Waals surface area contributed by atoms with Gasteiger partial charge >= 0.3 is 0 Å². The van der Waals surface area contributed by atoms with E-state index in [1.165, 1.54) is 27.8 Å². The number of allylic oxidation sites excluding steroid dienone is 1. The van der Waals surface area contributed by atoms with Crippen LogP contribution < -0.4 is 5.73 Å². The molecule has 4 rings (SSSR count). The molecule has 1 aliphatic rings. The molecule has 0 radical (unpaired) electrons. The number of anilines is 1. The number of hydrogen-bond acceptors (Lipinski definition) is 1. The summed E-state index contributed by atoms with van der Waals surface area (Å²) in [4.78, 5) is 0. The minimum Gasteiger partial charge on any atom is -0.399 e. The second-order valence-electron chi connectivity index (χ2n) is 5.25. The van der Waals surface area contributed by atoms with Crippen molar-refractivity contribution < 1.29 is 0 Å². The Hall–Kier alpha value is -2.48. The summed E-state index contributed by atoms with van der Waals surface area (Å²) < 4.78 is 2.37. The van der Waals surface area contributed by atoms with E-state index in [2.05, 4.69) is 59.2 Å². The Morgan fingerprint density at radius 1 is 1.00 bits per heavy atom. The van der Waals surface area contributed by atoms with E-state index in [1.807, 2.05) is 6.07 Å². The molecular formula is C18H16N2. The highest BCUT2D eigenvalue weighted by atomic mass is 15.0. The third-order valence-corrected chi connectivity index (χ3v) is 3.98.